The van der Waals surface area contributed by atoms with E-state index in [0.717, 1.165) is 58.8 Å². The van der Waals surface area contributed by atoms with Crippen LogP contribution in [-0.2, 0) is 6.54 Å². The first-order valence-corrected chi connectivity index (χ1v) is 12.7. The van der Waals surface area contributed by atoms with Gasteiger partial charge in [-0.2, -0.15) is 0 Å². The van der Waals surface area contributed by atoms with Crippen molar-refractivity contribution in [2.45, 2.75) is 47.1 Å². The molecule has 2 aromatic rings. The average molecular weight is 486 g/mol. The molecule has 0 spiro atoms. The van der Waals surface area contributed by atoms with Crippen molar-refractivity contribution in [2.24, 2.45) is 4.99 Å². The van der Waals surface area contributed by atoms with Gasteiger partial charge in [0.05, 0.1) is 13.7 Å². The normalized spacial score (nSPS) is 12.7. The maximum Gasteiger partial charge on any atom is 0.133 e. The molecular formula is C32H43N3O. The number of benzene rings is 2. The van der Waals surface area contributed by atoms with Crippen LogP contribution in [0.1, 0.15) is 50.3 Å². The van der Waals surface area contributed by atoms with Gasteiger partial charge in [0.2, 0.25) is 0 Å². The third kappa shape index (κ3) is 9.01. The molecule has 0 amide bonds. The summed E-state index contributed by atoms with van der Waals surface area (Å²) in [6.07, 6.45) is 12.4. The summed E-state index contributed by atoms with van der Waals surface area (Å²) in [4.78, 5) is 7.10. The van der Waals surface area contributed by atoms with Gasteiger partial charge in [0.25, 0.3) is 0 Å². The highest BCUT2D eigenvalue weighted by Gasteiger charge is 2.14. The number of allylic oxidation sites excluding steroid dienone is 4. The van der Waals surface area contributed by atoms with E-state index in [4.69, 9.17) is 9.73 Å². The summed E-state index contributed by atoms with van der Waals surface area (Å²) in [5.41, 5.74) is 7.77. The largest absolute Gasteiger partial charge is 0.496 e. The number of nitrogens with zero attached hydrogens (tertiary/aromatic N) is 2. The Hall–Kier alpha value is -3.37. The van der Waals surface area contributed by atoms with Gasteiger partial charge in [-0.25, -0.2) is 0 Å². The molecule has 192 valence electrons. The topological polar surface area (TPSA) is 36.9 Å². The number of ether oxygens (including phenoxy) is 1. The van der Waals surface area contributed by atoms with E-state index in [0.29, 0.717) is 6.54 Å². The second kappa shape index (κ2) is 14.9. The summed E-state index contributed by atoms with van der Waals surface area (Å²) in [6, 6.07) is 13.0. The second-order valence-electron chi connectivity index (χ2n) is 9.25. The summed E-state index contributed by atoms with van der Waals surface area (Å²) < 4.78 is 5.77. The van der Waals surface area contributed by atoms with Crippen molar-refractivity contribution in [1.82, 2.24) is 10.2 Å². The van der Waals surface area contributed by atoms with Gasteiger partial charge < -0.3 is 15.0 Å². The minimum absolute atomic E-state index is 0.503. The van der Waals surface area contributed by atoms with E-state index in [1.54, 1.807) is 7.11 Å². The monoisotopic (exact) mass is 485 g/mol. The number of amidine groups is 1. The lowest BCUT2D eigenvalue weighted by Crippen LogP contribution is -2.21. The molecule has 2 rings (SSSR count). The second-order valence-corrected chi connectivity index (χ2v) is 9.25. The molecule has 0 radical (unpaired) electrons. The first-order valence-electron chi connectivity index (χ1n) is 12.7. The Morgan fingerprint density at radius 2 is 1.78 bits per heavy atom. The van der Waals surface area contributed by atoms with Crippen LogP contribution in [0, 0.1) is 6.92 Å². The molecule has 0 heterocycles. The smallest absolute Gasteiger partial charge is 0.133 e. The quantitative estimate of drug-likeness (QED) is 0.193. The Morgan fingerprint density at radius 3 is 2.39 bits per heavy atom. The third-order valence-electron chi connectivity index (χ3n) is 5.74. The highest BCUT2D eigenvalue weighted by molar-refractivity contribution is 6.02. The van der Waals surface area contributed by atoms with Crippen molar-refractivity contribution in [3.63, 3.8) is 0 Å². The first-order chi connectivity index (χ1) is 17.3. The van der Waals surface area contributed by atoms with E-state index in [2.05, 4.69) is 113 Å². The van der Waals surface area contributed by atoms with Crippen LogP contribution in [-0.4, -0.2) is 38.5 Å². The zero-order valence-corrected chi connectivity index (χ0v) is 23.2. The molecule has 0 unspecified atom stereocenters. The zero-order chi connectivity index (χ0) is 26.5. The lowest BCUT2D eigenvalue weighted by Gasteiger charge is -2.16. The minimum atomic E-state index is 0.503. The van der Waals surface area contributed by atoms with E-state index < -0.39 is 0 Å². The highest BCUT2D eigenvalue weighted by atomic mass is 16.5. The van der Waals surface area contributed by atoms with E-state index in [1.807, 2.05) is 12.3 Å². The summed E-state index contributed by atoms with van der Waals surface area (Å²) in [6.45, 7) is 14.1. The maximum atomic E-state index is 5.77. The molecule has 2 aromatic carbocycles. The fourth-order valence-corrected chi connectivity index (χ4v) is 3.82. The van der Waals surface area contributed by atoms with Crippen molar-refractivity contribution in [3.05, 3.63) is 101 Å². The lowest BCUT2D eigenvalue weighted by molar-refractivity contribution is 0.402. The molecule has 0 fully saturated rings. The molecule has 0 aliphatic heterocycles. The number of aliphatic imine (C=N–C) groups is 1. The van der Waals surface area contributed by atoms with Crippen LogP contribution in [0.2, 0.25) is 0 Å². The molecule has 36 heavy (non-hydrogen) atoms. The maximum absolute atomic E-state index is 5.77. The Labute approximate surface area is 218 Å². The molecule has 0 aliphatic rings. The number of rotatable bonds is 12. The molecule has 0 saturated carbocycles. The van der Waals surface area contributed by atoms with Gasteiger partial charge in [0, 0.05) is 17.7 Å². The summed E-state index contributed by atoms with van der Waals surface area (Å²) in [7, 11) is 5.88. The molecule has 0 aromatic heterocycles. The third-order valence-corrected chi connectivity index (χ3v) is 5.74. The van der Waals surface area contributed by atoms with Gasteiger partial charge in [0.15, 0.2) is 0 Å². The van der Waals surface area contributed by atoms with Crippen molar-refractivity contribution < 1.29 is 4.74 Å². The van der Waals surface area contributed by atoms with E-state index in [1.165, 1.54) is 11.1 Å². The van der Waals surface area contributed by atoms with E-state index in [9.17, 15) is 0 Å². The Kier molecular flexibility index (Phi) is 11.9. The van der Waals surface area contributed by atoms with Crippen LogP contribution in [0.15, 0.2) is 89.6 Å². The van der Waals surface area contributed by atoms with Gasteiger partial charge in [0.1, 0.15) is 11.6 Å². The van der Waals surface area contributed by atoms with Crippen molar-refractivity contribution in [2.75, 3.05) is 27.7 Å². The van der Waals surface area contributed by atoms with Gasteiger partial charge in [-0.15, -0.1) is 0 Å². The molecule has 1 N–H and O–H groups in total. The molecule has 0 saturated heterocycles. The van der Waals surface area contributed by atoms with Crippen LogP contribution < -0.4 is 10.1 Å². The van der Waals surface area contributed by atoms with E-state index >= 15 is 0 Å². The minimum Gasteiger partial charge on any atom is -0.496 e. The van der Waals surface area contributed by atoms with Gasteiger partial charge in [-0.1, -0.05) is 74.6 Å². The predicted molar refractivity (Wildman–Crippen MR) is 157 cm³/mol. The summed E-state index contributed by atoms with van der Waals surface area (Å²) in [5.74, 6) is 1.64. The first kappa shape index (κ1) is 28.9. The van der Waals surface area contributed by atoms with Crippen molar-refractivity contribution in [1.29, 1.82) is 0 Å². The predicted octanol–water partition coefficient (Wildman–Crippen LogP) is 7.46. The number of methoxy groups -OCH3 is 1. The average Bonchev–Trinajstić information content (AvgIpc) is 2.85. The molecular weight excluding hydrogens is 442 g/mol. The Balaban J connectivity index is 2.46. The standard InChI is InChI=1S/C32H43N3O/c1-9-11-19-33-32(34-22-25(4)14-13-24(3)12-10-2)30-20-29(21-31(36-8)26(30)5)28-17-15-27(16-18-28)23-35(6)7/h11-21H,4,9-10,22-23H2,1-3,5-8H3,(H,33,34)/b14-13-,19-11+,24-12+. The Morgan fingerprint density at radius 1 is 1.06 bits per heavy atom. The highest BCUT2D eigenvalue weighted by Crippen LogP contribution is 2.31. The number of nitrogens with one attached hydrogen (secondary N) is 1. The fourth-order valence-electron chi connectivity index (χ4n) is 3.82. The number of hydrogen-bond donors (Lipinski definition) is 1. The summed E-state index contributed by atoms with van der Waals surface area (Å²) >= 11 is 0. The van der Waals surface area contributed by atoms with Gasteiger partial charge in [-0.05, 0) is 81.4 Å². The molecule has 0 atom stereocenters. The van der Waals surface area contributed by atoms with Crippen LogP contribution in [0.5, 0.6) is 5.75 Å². The molecule has 4 nitrogen and oxygen atoms in total. The zero-order valence-electron chi connectivity index (χ0n) is 23.2. The van der Waals surface area contributed by atoms with Crippen molar-refractivity contribution >= 4 is 5.84 Å². The van der Waals surface area contributed by atoms with Crippen LogP contribution in [0.4, 0.5) is 0 Å². The Bertz CT molecular complexity index is 1120. The SMILES string of the molecule is C=C(/C=C\C(C)=C\CC)CN=C(N/C=C/CC)c1cc(-c2ccc(CN(C)C)cc2)cc(OC)c1C. The summed E-state index contributed by atoms with van der Waals surface area (Å²) in [5, 5.41) is 3.41. The molecule has 0 bridgehead atoms. The number of hydrogen-bond acceptors (Lipinski definition) is 3. The van der Waals surface area contributed by atoms with Crippen molar-refractivity contribution in [3.8, 4) is 16.9 Å². The van der Waals surface area contributed by atoms with Gasteiger partial charge in [-0.3, -0.25) is 4.99 Å². The molecule has 0 aliphatic carbocycles. The van der Waals surface area contributed by atoms with Crippen LogP contribution in [0.25, 0.3) is 11.1 Å². The van der Waals surface area contributed by atoms with E-state index in [-0.39, 0.29) is 0 Å². The fraction of sp³-hybridized carbons (Fsp3) is 0.344. The van der Waals surface area contributed by atoms with Crippen LogP contribution >= 0.6 is 0 Å². The van der Waals surface area contributed by atoms with Crippen LogP contribution in [0.3, 0.4) is 0 Å². The van der Waals surface area contributed by atoms with Gasteiger partial charge >= 0.3 is 0 Å². The lowest BCUT2D eigenvalue weighted by atomic mass is 9.97. The molecule has 4 heteroatoms.